The van der Waals surface area contributed by atoms with Gasteiger partial charge in [-0.2, -0.15) is 0 Å². The van der Waals surface area contributed by atoms with Crippen LogP contribution in [0.5, 0.6) is 23.0 Å². The zero-order valence-corrected chi connectivity index (χ0v) is 16.8. The summed E-state index contributed by atoms with van der Waals surface area (Å²) in [6.45, 7) is 0. The van der Waals surface area contributed by atoms with Gasteiger partial charge in [-0.15, -0.1) is 0 Å². The number of nitrogens with zero attached hydrogens (tertiary/aromatic N) is 2. The van der Waals surface area contributed by atoms with E-state index in [-0.39, 0.29) is 0 Å². The lowest BCUT2D eigenvalue weighted by molar-refractivity contribution is 0.361. The molecule has 0 radical (unpaired) electrons. The lowest BCUT2D eigenvalue weighted by atomic mass is 10.1. The van der Waals surface area contributed by atoms with Gasteiger partial charge in [-0.25, -0.2) is 0 Å². The minimum Gasteiger partial charge on any atom is -0.449 e. The minimum atomic E-state index is 0.759. The Bertz CT molecular complexity index is 1850. The highest BCUT2D eigenvalue weighted by atomic mass is 16.6. The van der Waals surface area contributed by atoms with Crippen LogP contribution < -0.4 is 9.47 Å². The summed E-state index contributed by atoms with van der Waals surface area (Å²) in [7, 11) is 0. The standard InChI is InChI=1S/C28H14N2O2/c1-3-15-7-9-23-19-13-27-25(11-17(19)21(5-1)29(15)23)31-28-14-20-18(12-26(28)32-27)22-6-2-4-16-8-10-24(20)30(16)22/h1-14H. The monoisotopic (exact) mass is 410 g/mol. The molecule has 7 heterocycles. The second-order valence-corrected chi connectivity index (χ2v) is 8.67. The van der Waals surface area contributed by atoms with Crippen LogP contribution in [0.4, 0.5) is 0 Å². The minimum absolute atomic E-state index is 0.759. The molecule has 0 atom stereocenters. The average Bonchev–Trinajstić information content (AvgIpc) is 3.57. The van der Waals surface area contributed by atoms with Gasteiger partial charge >= 0.3 is 0 Å². The third-order valence-corrected chi connectivity index (χ3v) is 7.06. The van der Waals surface area contributed by atoms with Crippen molar-refractivity contribution < 1.29 is 9.47 Å². The largest absolute Gasteiger partial charge is 0.449 e. The van der Waals surface area contributed by atoms with Gasteiger partial charge in [0.2, 0.25) is 0 Å². The van der Waals surface area contributed by atoms with E-state index in [9.17, 15) is 0 Å². The molecule has 32 heavy (non-hydrogen) atoms. The van der Waals surface area contributed by atoms with Gasteiger partial charge in [-0.05, 0) is 72.8 Å². The second-order valence-electron chi connectivity index (χ2n) is 8.67. The molecule has 0 spiro atoms. The van der Waals surface area contributed by atoms with E-state index in [1.54, 1.807) is 0 Å². The van der Waals surface area contributed by atoms with Crippen molar-refractivity contribution in [1.29, 1.82) is 0 Å². The molecule has 0 fully saturated rings. The van der Waals surface area contributed by atoms with Crippen LogP contribution in [0.25, 0.3) is 54.6 Å². The van der Waals surface area contributed by atoms with Crippen LogP contribution in [0.2, 0.25) is 0 Å². The Morgan fingerprint density at radius 1 is 0.406 bits per heavy atom. The molecule has 0 aliphatic carbocycles. The molecular weight excluding hydrogens is 396 g/mol. The summed E-state index contributed by atoms with van der Waals surface area (Å²) < 4.78 is 17.5. The Morgan fingerprint density at radius 3 is 1.19 bits per heavy atom. The van der Waals surface area contributed by atoms with Crippen molar-refractivity contribution in [3.05, 3.63) is 84.9 Å². The van der Waals surface area contributed by atoms with Crippen molar-refractivity contribution in [3.8, 4) is 23.0 Å². The molecule has 9 rings (SSSR count). The van der Waals surface area contributed by atoms with E-state index in [4.69, 9.17) is 9.47 Å². The van der Waals surface area contributed by atoms with Gasteiger partial charge in [0.05, 0.1) is 22.1 Å². The fourth-order valence-corrected chi connectivity index (χ4v) is 5.69. The molecule has 1 aliphatic rings. The SMILES string of the molecule is c1cc2ccc3c4cc5c(cc4c(c1)n23)Oc1cc2c(cc1O5)c1cccc3ccc2n31. The van der Waals surface area contributed by atoms with E-state index in [0.717, 1.165) is 23.0 Å². The second kappa shape index (κ2) is 4.89. The highest BCUT2D eigenvalue weighted by Crippen LogP contribution is 2.50. The summed E-state index contributed by atoms with van der Waals surface area (Å²) >= 11 is 0. The molecule has 0 N–H and O–H groups in total. The van der Waals surface area contributed by atoms with E-state index >= 15 is 0 Å². The number of pyridine rings is 2. The van der Waals surface area contributed by atoms with E-state index in [1.807, 2.05) is 0 Å². The molecular formula is C28H14N2O2. The number of fused-ring (bicyclic) bond motifs is 8. The molecule has 4 nitrogen and oxygen atoms in total. The molecule has 0 amide bonds. The van der Waals surface area contributed by atoms with Gasteiger partial charge in [0.1, 0.15) is 0 Å². The zero-order valence-electron chi connectivity index (χ0n) is 16.8. The van der Waals surface area contributed by atoms with Crippen LogP contribution in [-0.4, -0.2) is 8.80 Å². The maximum absolute atomic E-state index is 6.43. The molecule has 4 heteroatoms. The van der Waals surface area contributed by atoms with Crippen molar-refractivity contribution in [2.45, 2.75) is 0 Å². The van der Waals surface area contributed by atoms with E-state index in [1.165, 1.54) is 54.6 Å². The summed E-state index contributed by atoms with van der Waals surface area (Å²) in [5.74, 6) is 3.04. The van der Waals surface area contributed by atoms with Crippen LogP contribution >= 0.6 is 0 Å². The lowest BCUT2D eigenvalue weighted by Crippen LogP contribution is -1.98. The van der Waals surface area contributed by atoms with E-state index in [2.05, 4.69) is 93.7 Å². The first kappa shape index (κ1) is 15.4. The lowest BCUT2D eigenvalue weighted by Gasteiger charge is -2.21. The van der Waals surface area contributed by atoms with Gasteiger partial charge in [0.25, 0.3) is 0 Å². The Hall–Kier alpha value is -4.44. The Balaban J connectivity index is 1.32. The summed E-state index contributed by atoms with van der Waals surface area (Å²) in [5.41, 5.74) is 7.17. The fraction of sp³-hybridized carbons (Fsp3) is 0. The number of hydrogen-bond acceptors (Lipinski definition) is 2. The number of ether oxygens (including phenoxy) is 2. The van der Waals surface area contributed by atoms with E-state index in [0.29, 0.717) is 0 Å². The summed E-state index contributed by atoms with van der Waals surface area (Å²) in [4.78, 5) is 0. The molecule has 6 aromatic heterocycles. The summed E-state index contributed by atoms with van der Waals surface area (Å²) in [5, 5.41) is 4.72. The van der Waals surface area contributed by atoms with E-state index < -0.39 is 0 Å². The first-order chi connectivity index (χ1) is 15.8. The normalized spacial score (nSPS) is 13.5. The van der Waals surface area contributed by atoms with Gasteiger partial charge in [0, 0.05) is 32.6 Å². The molecule has 1 aliphatic heterocycles. The first-order valence-corrected chi connectivity index (χ1v) is 10.8. The topological polar surface area (TPSA) is 27.3 Å². The van der Waals surface area contributed by atoms with Gasteiger partial charge in [-0.3, -0.25) is 0 Å². The van der Waals surface area contributed by atoms with Crippen LogP contribution in [0.15, 0.2) is 84.9 Å². The van der Waals surface area contributed by atoms with Gasteiger partial charge in [0.15, 0.2) is 23.0 Å². The highest BCUT2D eigenvalue weighted by Gasteiger charge is 2.24. The van der Waals surface area contributed by atoms with Crippen molar-refractivity contribution in [3.63, 3.8) is 0 Å². The van der Waals surface area contributed by atoms with Crippen LogP contribution in [0, 0.1) is 0 Å². The number of hydrogen-bond donors (Lipinski definition) is 0. The number of aromatic nitrogens is 2. The van der Waals surface area contributed by atoms with Crippen molar-refractivity contribution in [2.24, 2.45) is 0 Å². The predicted octanol–water partition coefficient (Wildman–Crippen LogP) is 7.58. The van der Waals surface area contributed by atoms with Crippen molar-refractivity contribution in [2.75, 3.05) is 0 Å². The van der Waals surface area contributed by atoms with Crippen LogP contribution in [0.1, 0.15) is 0 Å². The highest BCUT2D eigenvalue weighted by molar-refractivity contribution is 6.13. The summed E-state index contributed by atoms with van der Waals surface area (Å²) in [6, 6.07) is 30.0. The van der Waals surface area contributed by atoms with Gasteiger partial charge < -0.3 is 18.3 Å². The molecule has 2 aromatic carbocycles. The predicted molar refractivity (Wildman–Crippen MR) is 127 cm³/mol. The third-order valence-electron chi connectivity index (χ3n) is 7.06. The van der Waals surface area contributed by atoms with Crippen LogP contribution in [-0.2, 0) is 0 Å². The smallest absolute Gasteiger partial charge is 0.170 e. The Morgan fingerprint density at radius 2 is 0.781 bits per heavy atom. The number of rotatable bonds is 0. The third kappa shape index (κ3) is 1.62. The average molecular weight is 410 g/mol. The van der Waals surface area contributed by atoms with Crippen LogP contribution in [0.3, 0.4) is 0 Å². The molecule has 148 valence electrons. The van der Waals surface area contributed by atoms with Gasteiger partial charge in [-0.1, -0.05) is 12.1 Å². The zero-order chi connectivity index (χ0) is 20.6. The summed E-state index contributed by atoms with van der Waals surface area (Å²) in [6.07, 6.45) is 0. The molecule has 0 saturated heterocycles. The van der Waals surface area contributed by atoms with Crippen molar-refractivity contribution >= 4 is 54.6 Å². The fourth-order valence-electron chi connectivity index (χ4n) is 5.69. The maximum Gasteiger partial charge on any atom is 0.170 e. The van der Waals surface area contributed by atoms with Crippen molar-refractivity contribution in [1.82, 2.24) is 8.80 Å². The quantitative estimate of drug-likeness (QED) is 0.258. The Labute approximate surface area is 181 Å². The molecule has 0 unspecified atom stereocenters. The molecule has 0 saturated carbocycles. The number of benzene rings is 2. The first-order valence-electron chi connectivity index (χ1n) is 10.8. The maximum atomic E-state index is 6.43. The molecule has 0 bridgehead atoms. The Kier molecular flexibility index (Phi) is 2.35. The molecule has 8 aromatic rings.